The van der Waals surface area contributed by atoms with Crippen molar-refractivity contribution in [3.63, 3.8) is 0 Å². The molecule has 4 fully saturated rings. The molecular weight excluding hydrogens is 336 g/mol. The van der Waals surface area contributed by atoms with Gasteiger partial charge in [0.1, 0.15) is 12.4 Å². The molecule has 4 nitrogen and oxygen atoms in total. The number of carbonyl (C=O) groups excluding carboxylic acids is 1. The highest BCUT2D eigenvalue weighted by Crippen LogP contribution is 2.66. The van der Waals surface area contributed by atoms with Crippen molar-refractivity contribution in [3.05, 3.63) is 11.6 Å². The second-order valence-corrected chi connectivity index (χ2v) is 9.90. The third kappa shape index (κ3) is 2.90. The Balaban J connectivity index is 1.61. The van der Waals surface area contributed by atoms with Crippen LogP contribution in [0, 0.1) is 34.5 Å². The molecular formula is C23H36N2O2. The van der Waals surface area contributed by atoms with E-state index in [2.05, 4.69) is 32.0 Å². The van der Waals surface area contributed by atoms with Crippen molar-refractivity contribution in [1.82, 2.24) is 0 Å². The van der Waals surface area contributed by atoms with Gasteiger partial charge in [-0.3, -0.25) is 4.79 Å². The molecule has 4 aliphatic carbocycles. The van der Waals surface area contributed by atoms with Crippen LogP contribution < -0.4 is 5.73 Å². The van der Waals surface area contributed by atoms with Crippen LogP contribution in [0.15, 0.2) is 16.8 Å². The van der Waals surface area contributed by atoms with Gasteiger partial charge in [0.15, 0.2) is 0 Å². The normalized spacial score (nSPS) is 46.9. The Bertz CT molecular complexity index is 669. The fourth-order valence-electron chi connectivity index (χ4n) is 7.33. The number of allylic oxidation sites excluding steroid dienone is 2. The molecule has 4 aliphatic rings. The van der Waals surface area contributed by atoms with Crippen molar-refractivity contribution in [1.29, 1.82) is 0 Å². The zero-order chi connectivity index (χ0) is 19.2. The number of rotatable bonds is 3. The molecule has 0 amide bonds. The lowest BCUT2D eigenvalue weighted by molar-refractivity contribution is -0.134. The molecule has 4 heteroatoms. The maximum absolute atomic E-state index is 12.6. The van der Waals surface area contributed by atoms with Crippen molar-refractivity contribution < 1.29 is 9.63 Å². The molecule has 0 radical (unpaired) electrons. The van der Waals surface area contributed by atoms with Crippen LogP contribution >= 0.6 is 0 Å². The highest BCUT2D eigenvalue weighted by atomic mass is 16.6. The predicted molar refractivity (Wildman–Crippen MR) is 108 cm³/mol. The van der Waals surface area contributed by atoms with E-state index < -0.39 is 0 Å². The number of carbonyl (C=O) groups is 1. The standard InChI is InChI=1S/C23H36N2O2/c1-4-15-13-17-18-5-6-21(26)23(18,3)10-8-19(17)22(2)9-7-16(14-20(15)22)25-27-12-11-24/h4,17-20H,5-14,24H2,1-3H3/b15-4+,25-16+/t17-,18-,19-,20+,22+,23-/m0/s1. The summed E-state index contributed by atoms with van der Waals surface area (Å²) in [5, 5.41) is 4.41. The van der Waals surface area contributed by atoms with Gasteiger partial charge in [-0.05, 0) is 81.0 Å². The Morgan fingerprint density at radius 2 is 2.00 bits per heavy atom. The molecule has 4 saturated carbocycles. The fourth-order valence-corrected chi connectivity index (χ4v) is 7.33. The van der Waals surface area contributed by atoms with Crippen molar-refractivity contribution in [2.75, 3.05) is 13.2 Å². The lowest BCUT2D eigenvalue weighted by atomic mass is 9.44. The van der Waals surface area contributed by atoms with E-state index in [-0.39, 0.29) is 5.41 Å². The molecule has 4 rings (SSSR count). The summed E-state index contributed by atoms with van der Waals surface area (Å²) in [4.78, 5) is 18.0. The maximum Gasteiger partial charge on any atom is 0.139 e. The van der Waals surface area contributed by atoms with Crippen LogP contribution in [0.2, 0.25) is 0 Å². The molecule has 0 unspecified atom stereocenters. The van der Waals surface area contributed by atoms with Crippen LogP contribution in [0.1, 0.15) is 72.1 Å². The number of nitrogens with two attached hydrogens (primary N) is 1. The molecule has 6 atom stereocenters. The number of hydrogen-bond acceptors (Lipinski definition) is 4. The summed E-state index contributed by atoms with van der Waals surface area (Å²) < 4.78 is 0. The topological polar surface area (TPSA) is 64.7 Å². The minimum absolute atomic E-state index is 0.0411. The lowest BCUT2D eigenvalue weighted by Gasteiger charge is -2.60. The number of ketones is 1. The monoisotopic (exact) mass is 372 g/mol. The SMILES string of the molecule is C/C=C1\C[C@@H]2[C@H](CC[C@]3(C)C(=O)CC[C@@H]23)[C@@]2(C)CC/C(=N\OCCN)C[C@H]12. The van der Waals surface area contributed by atoms with Gasteiger partial charge in [0, 0.05) is 18.4 Å². The van der Waals surface area contributed by atoms with Gasteiger partial charge in [-0.2, -0.15) is 0 Å². The molecule has 0 bridgehead atoms. The van der Waals surface area contributed by atoms with E-state index in [4.69, 9.17) is 10.6 Å². The zero-order valence-electron chi connectivity index (χ0n) is 17.3. The maximum atomic E-state index is 12.6. The first-order chi connectivity index (χ1) is 12.9. The minimum Gasteiger partial charge on any atom is -0.395 e. The van der Waals surface area contributed by atoms with E-state index in [0.717, 1.165) is 38.0 Å². The van der Waals surface area contributed by atoms with Gasteiger partial charge in [0.25, 0.3) is 0 Å². The van der Waals surface area contributed by atoms with Crippen molar-refractivity contribution >= 4 is 11.5 Å². The van der Waals surface area contributed by atoms with Crippen molar-refractivity contribution in [2.24, 2.45) is 45.4 Å². The second-order valence-electron chi connectivity index (χ2n) is 9.90. The first-order valence-electron chi connectivity index (χ1n) is 11.0. The minimum atomic E-state index is -0.0411. The highest BCUT2D eigenvalue weighted by molar-refractivity contribution is 5.87. The summed E-state index contributed by atoms with van der Waals surface area (Å²) in [5.74, 6) is 3.16. The Kier molecular flexibility index (Phi) is 4.99. The third-order valence-corrected chi connectivity index (χ3v) is 8.87. The number of Topliss-reactive ketones (excluding diaryl/α,β-unsaturated/α-hetero) is 1. The fraction of sp³-hybridized carbons (Fsp3) is 0.826. The second kappa shape index (κ2) is 7.02. The van der Waals surface area contributed by atoms with E-state index in [9.17, 15) is 4.79 Å². The molecule has 0 aliphatic heterocycles. The first kappa shape index (κ1) is 19.2. The van der Waals surface area contributed by atoms with Gasteiger partial charge >= 0.3 is 0 Å². The van der Waals surface area contributed by atoms with Crippen LogP contribution in [0.25, 0.3) is 0 Å². The summed E-state index contributed by atoms with van der Waals surface area (Å²) in [6, 6.07) is 0. The van der Waals surface area contributed by atoms with Gasteiger partial charge < -0.3 is 10.6 Å². The molecule has 0 spiro atoms. The predicted octanol–water partition coefficient (Wildman–Crippen LogP) is 4.49. The summed E-state index contributed by atoms with van der Waals surface area (Å²) in [6.07, 6.45) is 11.1. The Labute approximate surface area is 164 Å². The number of hydrogen-bond donors (Lipinski definition) is 1. The Hall–Kier alpha value is -1.16. The Morgan fingerprint density at radius 3 is 2.74 bits per heavy atom. The quantitative estimate of drug-likeness (QED) is 0.451. The Morgan fingerprint density at radius 1 is 1.19 bits per heavy atom. The van der Waals surface area contributed by atoms with Crippen molar-refractivity contribution in [2.45, 2.75) is 72.1 Å². The van der Waals surface area contributed by atoms with Gasteiger partial charge in [-0.15, -0.1) is 0 Å². The van der Waals surface area contributed by atoms with Crippen molar-refractivity contribution in [3.8, 4) is 0 Å². The molecule has 0 heterocycles. The van der Waals surface area contributed by atoms with E-state index in [1.807, 2.05) is 0 Å². The van der Waals surface area contributed by atoms with E-state index in [1.54, 1.807) is 5.57 Å². The molecule has 0 aromatic rings. The molecule has 0 aromatic carbocycles. The zero-order valence-corrected chi connectivity index (χ0v) is 17.3. The third-order valence-electron chi connectivity index (χ3n) is 8.87. The summed E-state index contributed by atoms with van der Waals surface area (Å²) in [5.41, 5.74) is 8.63. The average Bonchev–Trinajstić information content (AvgIpc) is 2.96. The first-order valence-corrected chi connectivity index (χ1v) is 11.0. The van der Waals surface area contributed by atoms with Crippen LogP contribution in [0.4, 0.5) is 0 Å². The number of nitrogens with zero attached hydrogens (tertiary/aromatic N) is 1. The van der Waals surface area contributed by atoms with Gasteiger partial charge in [-0.1, -0.05) is 30.7 Å². The summed E-state index contributed by atoms with van der Waals surface area (Å²) in [6.45, 7) is 8.03. The highest BCUT2D eigenvalue weighted by Gasteiger charge is 2.60. The smallest absolute Gasteiger partial charge is 0.139 e. The average molecular weight is 373 g/mol. The van der Waals surface area contributed by atoms with Crippen LogP contribution in [0.3, 0.4) is 0 Å². The molecule has 150 valence electrons. The summed E-state index contributed by atoms with van der Waals surface area (Å²) >= 11 is 0. The van der Waals surface area contributed by atoms with E-state index >= 15 is 0 Å². The number of fused-ring (bicyclic) bond motifs is 5. The van der Waals surface area contributed by atoms with Crippen LogP contribution in [0.5, 0.6) is 0 Å². The molecule has 0 saturated heterocycles. The molecule has 0 aromatic heterocycles. The number of oxime groups is 1. The molecule has 2 N–H and O–H groups in total. The summed E-state index contributed by atoms with van der Waals surface area (Å²) in [7, 11) is 0. The van der Waals surface area contributed by atoms with E-state index in [1.165, 1.54) is 25.0 Å². The van der Waals surface area contributed by atoms with Gasteiger partial charge in [0.05, 0.1) is 5.71 Å². The van der Waals surface area contributed by atoms with Gasteiger partial charge in [0.2, 0.25) is 0 Å². The lowest BCUT2D eigenvalue weighted by Crippen LogP contribution is -2.54. The van der Waals surface area contributed by atoms with Gasteiger partial charge in [-0.25, -0.2) is 0 Å². The largest absolute Gasteiger partial charge is 0.395 e. The van der Waals surface area contributed by atoms with Crippen LogP contribution in [-0.2, 0) is 9.63 Å². The van der Waals surface area contributed by atoms with Crippen LogP contribution in [-0.4, -0.2) is 24.6 Å². The van der Waals surface area contributed by atoms with E-state index in [0.29, 0.717) is 42.1 Å². The molecule has 27 heavy (non-hydrogen) atoms.